The number of carbonyl (C=O) groups excluding carboxylic acids is 1. The van der Waals surface area contributed by atoms with Gasteiger partial charge in [-0.15, -0.1) is 0 Å². The van der Waals surface area contributed by atoms with Crippen LogP contribution in [0.3, 0.4) is 0 Å². The number of hydrogen-bond acceptors (Lipinski definition) is 5. The zero-order valence-corrected chi connectivity index (χ0v) is 15.9. The van der Waals surface area contributed by atoms with Crippen LogP contribution in [0.4, 0.5) is 0 Å². The number of benzene rings is 2. The first-order valence-corrected chi connectivity index (χ1v) is 9.28. The number of fused-ring (bicyclic) bond motifs is 2. The average molecular weight is 400 g/mol. The van der Waals surface area contributed by atoms with Crippen LogP contribution in [0.25, 0.3) is 10.9 Å². The predicted molar refractivity (Wildman–Crippen MR) is 105 cm³/mol. The van der Waals surface area contributed by atoms with Gasteiger partial charge < -0.3 is 19.4 Å². The summed E-state index contributed by atoms with van der Waals surface area (Å²) in [4.78, 5) is 34.0. The van der Waals surface area contributed by atoms with Crippen molar-refractivity contribution in [3.8, 4) is 11.5 Å². The van der Waals surface area contributed by atoms with E-state index < -0.39 is 6.10 Å². The van der Waals surface area contributed by atoms with Crippen molar-refractivity contribution in [1.82, 2.24) is 14.9 Å². The van der Waals surface area contributed by atoms with Crippen LogP contribution in [0.15, 0.2) is 47.3 Å². The van der Waals surface area contributed by atoms with Gasteiger partial charge in [-0.2, -0.15) is 0 Å². The van der Waals surface area contributed by atoms with Crippen molar-refractivity contribution in [3.63, 3.8) is 0 Å². The van der Waals surface area contributed by atoms with Gasteiger partial charge in [-0.05, 0) is 37.3 Å². The van der Waals surface area contributed by atoms with E-state index >= 15 is 0 Å². The molecule has 0 spiro atoms. The van der Waals surface area contributed by atoms with Gasteiger partial charge in [-0.3, -0.25) is 9.59 Å². The Morgan fingerprint density at radius 1 is 1.29 bits per heavy atom. The van der Waals surface area contributed by atoms with Crippen molar-refractivity contribution in [2.75, 3.05) is 13.2 Å². The summed E-state index contributed by atoms with van der Waals surface area (Å²) in [6.07, 6.45) is -0.753. The molecule has 1 N–H and O–H groups in total. The second kappa shape index (κ2) is 7.52. The minimum absolute atomic E-state index is 0.129. The molecule has 0 saturated carbocycles. The molecule has 7 nitrogen and oxygen atoms in total. The van der Waals surface area contributed by atoms with E-state index in [0.29, 0.717) is 39.8 Å². The van der Waals surface area contributed by atoms with Gasteiger partial charge in [0.2, 0.25) is 6.10 Å². The molecule has 144 valence electrons. The minimum atomic E-state index is -0.753. The van der Waals surface area contributed by atoms with E-state index in [2.05, 4.69) is 9.97 Å². The molecule has 0 fully saturated rings. The summed E-state index contributed by atoms with van der Waals surface area (Å²) < 4.78 is 11.4. The van der Waals surface area contributed by atoms with Crippen LogP contribution in [0.2, 0.25) is 5.02 Å². The Kier molecular flexibility index (Phi) is 4.92. The lowest BCUT2D eigenvalue weighted by atomic mass is 10.2. The highest BCUT2D eigenvalue weighted by Gasteiger charge is 2.30. The first-order valence-electron chi connectivity index (χ1n) is 8.91. The smallest absolute Gasteiger partial charge is 0.267 e. The number of hydrogen-bond donors (Lipinski definition) is 1. The zero-order chi connectivity index (χ0) is 19.7. The summed E-state index contributed by atoms with van der Waals surface area (Å²) in [5.41, 5.74) is 0.215. The van der Waals surface area contributed by atoms with E-state index in [1.165, 1.54) is 0 Å². The molecule has 4 rings (SSSR count). The third kappa shape index (κ3) is 3.53. The molecular formula is C20H18ClN3O4. The fraction of sp³-hybridized carbons (Fsp3) is 0.250. The van der Waals surface area contributed by atoms with Gasteiger partial charge in [0.15, 0.2) is 11.5 Å². The number of likely N-dealkylation sites (N-methyl/N-ethyl adjacent to an activating group) is 1. The number of para-hydroxylation sites is 2. The monoisotopic (exact) mass is 399 g/mol. The van der Waals surface area contributed by atoms with Gasteiger partial charge in [0.25, 0.3) is 11.5 Å². The lowest BCUT2D eigenvalue weighted by Crippen LogP contribution is -2.46. The van der Waals surface area contributed by atoms with Gasteiger partial charge >= 0.3 is 0 Å². The topological polar surface area (TPSA) is 84.5 Å². The number of rotatable bonds is 4. The van der Waals surface area contributed by atoms with E-state index in [0.717, 1.165) is 0 Å². The summed E-state index contributed by atoms with van der Waals surface area (Å²) in [6, 6.07) is 12.1. The molecule has 1 aliphatic heterocycles. The van der Waals surface area contributed by atoms with Gasteiger partial charge in [0.1, 0.15) is 12.4 Å². The van der Waals surface area contributed by atoms with E-state index in [1.54, 1.807) is 35.2 Å². The van der Waals surface area contributed by atoms with E-state index in [-0.39, 0.29) is 24.6 Å². The van der Waals surface area contributed by atoms with E-state index in [1.807, 2.05) is 19.1 Å². The van der Waals surface area contributed by atoms with Crippen LogP contribution in [-0.2, 0) is 11.3 Å². The molecule has 1 amide bonds. The maximum Gasteiger partial charge on any atom is 0.267 e. The number of carbonyl (C=O) groups is 1. The van der Waals surface area contributed by atoms with E-state index in [4.69, 9.17) is 21.1 Å². The molecular weight excluding hydrogens is 382 g/mol. The Hall–Kier alpha value is -3.06. The van der Waals surface area contributed by atoms with Crippen molar-refractivity contribution in [2.45, 2.75) is 19.6 Å². The summed E-state index contributed by atoms with van der Waals surface area (Å²) in [7, 11) is 0. The second-order valence-electron chi connectivity index (χ2n) is 6.39. The lowest BCUT2D eigenvalue weighted by Gasteiger charge is -2.30. The first kappa shape index (κ1) is 18.3. The Morgan fingerprint density at radius 2 is 2.07 bits per heavy atom. The normalized spacial score (nSPS) is 15.4. The highest BCUT2D eigenvalue weighted by molar-refractivity contribution is 6.31. The van der Waals surface area contributed by atoms with Crippen LogP contribution in [-0.4, -0.2) is 40.0 Å². The van der Waals surface area contributed by atoms with Crippen molar-refractivity contribution < 1.29 is 14.3 Å². The van der Waals surface area contributed by atoms with Gasteiger partial charge in [0.05, 0.1) is 17.4 Å². The van der Waals surface area contributed by atoms with Crippen LogP contribution in [0.1, 0.15) is 12.7 Å². The molecule has 1 aromatic heterocycles. The van der Waals surface area contributed by atoms with Crippen LogP contribution < -0.4 is 15.0 Å². The Morgan fingerprint density at radius 3 is 2.86 bits per heavy atom. The average Bonchev–Trinajstić information content (AvgIpc) is 2.70. The highest BCUT2D eigenvalue weighted by Crippen LogP contribution is 2.31. The SMILES string of the molecule is CCN(Cc1nc2cc(Cl)ccc2c(=O)[nH]1)C(=O)[C@H]1COc2ccccc2O1. The third-order valence-electron chi connectivity index (χ3n) is 4.54. The summed E-state index contributed by atoms with van der Waals surface area (Å²) in [5.74, 6) is 1.31. The molecule has 0 unspecified atom stereocenters. The maximum absolute atomic E-state index is 12.9. The number of aromatic nitrogens is 2. The molecule has 1 atom stereocenters. The molecule has 2 aromatic carbocycles. The van der Waals surface area contributed by atoms with Crippen molar-refractivity contribution in [1.29, 1.82) is 0 Å². The highest BCUT2D eigenvalue weighted by atomic mass is 35.5. The van der Waals surface area contributed by atoms with E-state index in [9.17, 15) is 9.59 Å². The fourth-order valence-electron chi connectivity index (χ4n) is 3.11. The molecule has 0 radical (unpaired) electrons. The second-order valence-corrected chi connectivity index (χ2v) is 6.83. The molecule has 0 saturated heterocycles. The molecule has 3 aromatic rings. The quantitative estimate of drug-likeness (QED) is 0.729. The van der Waals surface area contributed by atoms with Crippen LogP contribution in [0.5, 0.6) is 11.5 Å². The minimum Gasteiger partial charge on any atom is -0.485 e. The number of H-pyrrole nitrogens is 1. The number of nitrogens with zero attached hydrogens (tertiary/aromatic N) is 2. The summed E-state index contributed by atoms with van der Waals surface area (Å²) in [5, 5.41) is 0.939. The molecule has 0 aliphatic carbocycles. The van der Waals surface area contributed by atoms with Gasteiger partial charge in [0, 0.05) is 11.6 Å². The zero-order valence-electron chi connectivity index (χ0n) is 15.1. The number of amides is 1. The van der Waals surface area contributed by atoms with Gasteiger partial charge in [-0.1, -0.05) is 23.7 Å². The third-order valence-corrected chi connectivity index (χ3v) is 4.77. The Labute approximate surface area is 165 Å². The van der Waals surface area contributed by atoms with Crippen LogP contribution >= 0.6 is 11.6 Å². The lowest BCUT2D eigenvalue weighted by molar-refractivity contribution is -0.141. The maximum atomic E-state index is 12.9. The number of halogens is 1. The number of ether oxygens (including phenoxy) is 2. The molecule has 8 heteroatoms. The van der Waals surface area contributed by atoms with Crippen molar-refractivity contribution in [2.24, 2.45) is 0 Å². The number of aromatic amines is 1. The van der Waals surface area contributed by atoms with Crippen LogP contribution in [0, 0.1) is 0 Å². The molecule has 0 bridgehead atoms. The first-order chi connectivity index (χ1) is 13.5. The molecule has 28 heavy (non-hydrogen) atoms. The Bertz CT molecular complexity index is 1100. The van der Waals surface area contributed by atoms with Crippen molar-refractivity contribution >= 4 is 28.4 Å². The summed E-state index contributed by atoms with van der Waals surface area (Å²) in [6.45, 7) is 2.56. The van der Waals surface area contributed by atoms with Gasteiger partial charge in [-0.25, -0.2) is 4.98 Å². The largest absolute Gasteiger partial charge is 0.485 e. The number of nitrogens with one attached hydrogen (secondary N) is 1. The van der Waals surface area contributed by atoms with Crippen molar-refractivity contribution in [3.05, 3.63) is 63.7 Å². The standard InChI is InChI=1S/C20H18ClN3O4/c1-2-24(20(26)17-11-27-15-5-3-4-6-16(15)28-17)10-18-22-14-9-12(21)7-8-13(14)19(25)23-18/h3-9,17H,2,10-11H2,1H3,(H,22,23,25)/t17-/m1/s1. The Balaban J connectivity index is 1.56. The summed E-state index contributed by atoms with van der Waals surface area (Å²) >= 11 is 6.00. The molecule has 1 aliphatic rings. The fourth-order valence-corrected chi connectivity index (χ4v) is 3.27. The molecule has 2 heterocycles. The predicted octanol–water partition coefficient (Wildman–Crippen LogP) is 2.77.